The predicted octanol–water partition coefficient (Wildman–Crippen LogP) is 3.23. The normalized spacial score (nSPS) is 13.6. The molecule has 0 heterocycles. The highest BCUT2D eigenvalue weighted by Gasteiger charge is 2.35. The van der Waals surface area contributed by atoms with Gasteiger partial charge in [-0.15, -0.1) is 0 Å². The number of nitrogens with two attached hydrogens (primary N) is 1. The molecule has 0 spiro atoms. The lowest BCUT2D eigenvalue weighted by Crippen LogP contribution is -2.55. The summed E-state index contributed by atoms with van der Waals surface area (Å²) in [6.45, 7) is 6.27. The van der Waals surface area contributed by atoms with Gasteiger partial charge >= 0.3 is 0 Å². The van der Waals surface area contributed by atoms with E-state index in [1.165, 1.54) is 0 Å². The van der Waals surface area contributed by atoms with E-state index in [1.807, 2.05) is 13.0 Å². The van der Waals surface area contributed by atoms with Crippen LogP contribution in [0, 0.1) is 6.92 Å². The minimum Gasteiger partial charge on any atom is -0.377 e. The first-order chi connectivity index (χ1) is 9.02. The Kier molecular flexibility index (Phi) is 6.27. The van der Waals surface area contributed by atoms with Gasteiger partial charge in [0.05, 0.1) is 11.6 Å². The number of hydrazine groups is 1. The Balaban J connectivity index is 2.98. The van der Waals surface area contributed by atoms with Gasteiger partial charge in [0.1, 0.15) is 0 Å². The maximum atomic E-state index is 6.30. The fourth-order valence-corrected chi connectivity index (χ4v) is 2.92. The van der Waals surface area contributed by atoms with E-state index in [-0.39, 0.29) is 11.6 Å². The van der Waals surface area contributed by atoms with Crippen molar-refractivity contribution in [2.45, 2.75) is 51.7 Å². The molecule has 0 aliphatic rings. The topological polar surface area (TPSA) is 47.3 Å². The maximum Gasteiger partial charge on any atom is 0.0842 e. The zero-order valence-corrected chi connectivity index (χ0v) is 13.1. The van der Waals surface area contributed by atoms with Gasteiger partial charge in [0, 0.05) is 12.1 Å². The number of hydrogen-bond acceptors (Lipinski definition) is 3. The Morgan fingerprint density at radius 1 is 1.37 bits per heavy atom. The Bertz CT molecular complexity index is 397. The molecule has 3 nitrogen and oxygen atoms in total. The molecule has 1 atom stereocenters. The standard InChI is InChI=1S/C15H25ClN2O/c1-5-15(6-2,19-4)14(18-17)10-12-8-7-11(3)9-13(12)16/h7-9,14,18H,5-6,10,17H2,1-4H3. The minimum atomic E-state index is -0.261. The van der Waals surface area contributed by atoms with Crippen LogP contribution in [0.25, 0.3) is 0 Å². The molecule has 0 saturated carbocycles. The fourth-order valence-electron chi connectivity index (χ4n) is 2.61. The molecule has 0 bridgehead atoms. The highest BCUT2D eigenvalue weighted by Crippen LogP contribution is 2.28. The molecule has 0 aromatic heterocycles. The monoisotopic (exact) mass is 284 g/mol. The van der Waals surface area contributed by atoms with Crippen LogP contribution in [0.5, 0.6) is 0 Å². The number of halogens is 1. The Morgan fingerprint density at radius 2 is 2.00 bits per heavy atom. The van der Waals surface area contributed by atoms with Crippen LogP contribution in [-0.2, 0) is 11.2 Å². The Morgan fingerprint density at radius 3 is 2.42 bits per heavy atom. The Hall–Kier alpha value is -0.610. The van der Waals surface area contributed by atoms with Crippen molar-refractivity contribution in [1.29, 1.82) is 0 Å². The third-order valence-electron chi connectivity index (χ3n) is 4.07. The summed E-state index contributed by atoms with van der Waals surface area (Å²) < 4.78 is 5.74. The van der Waals surface area contributed by atoms with Crippen molar-refractivity contribution in [2.75, 3.05) is 7.11 Å². The second-order valence-electron chi connectivity index (χ2n) is 4.99. The van der Waals surface area contributed by atoms with E-state index < -0.39 is 0 Å². The predicted molar refractivity (Wildman–Crippen MR) is 81.3 cm³/mol. The molecule has 108 valence electrons. The van der Waals surface area contributed by atoms with Crippen LogP contribution in [0.3, 0.4) is 0 Å². The number of aryl methyl sites for hydroxylation is 1. The van der Waals surface area contributed by atoms with Gasteiger partial charge in [-0.2, -0.15) is 0 Å². The number of hydrogen-bond donors (Lipinski definition) is 2. The zero-order chi connectivity index (χ0) is 14.5. The number of ether oxygens (including phenoxy) is 1. The highest BCUT2D eigenvalue weighted by molar-refractivity contribution is 6.31. The van der Waals surface area contributed by atoms with Gasteiger partial charge in [0.15, 0.2) is 0 Å². The smallest absolute Gasteiger partial charge is 0.0842 e. The van der Waals surface area contributed by atoms with Crippen LogP contribution in [0.4, 0.5) is 0 Å². The van der Waals surface area contributed by atoms with E-state index in [1.54, 1.807) is 7.11 Å². The van der Waals surface area contributed by atoms with E-state index in [2.05, 4.69) is 31.4 Å². The average Bonchev–Trinajstić information content (AvgIpc) is 2.42. The number of benzene rings is 1. The van der Waals surface area contributed by atoms with Crippen LogP contribution in [0.2, 0.25) is 5.02 Å². The summed E-state index contributed by atoms with van der Waals surface area (Å²) in [5.74, 6) is 5.74. The molecule has 0 radical (unpaired) electrons. The SMILES string of the molecule is CCC(CC)(OC)C(Cc1ccc(C)cc1Cl)NN. The summed E-state index contributed by atoms with van der Waals surface area (Å²) in [6, 6.07) is 6.15. The van der Waals surface area contributed by atoms with E-state index in [9.17, 15) is 0 Å². The molecular weight excluding hydrogens is 260 g/mol. The molecular formula is C15H25ClN2O. The lowest BCUT2D eigenvalue weighted by molar-refractivity contribution is -0.0472. The summed E-state index contributed by atoms with van der Waals surface area (Å²) >= 11 is 6.30. The fraction of sp³-hybridized carbons (Fsp3) is 0.600. The molecule has 3 N–H and O–H groups in total. The van der Waals surface area contributed by atoms with Crippen molar-refractivity contribution in [3.8, 4) is 0 Å². The summed E-state index contributed by atoms with van der Waals surface area (Å²) in [6.07, 6.45) is 2.56. The molecule has 1 aromatic rings. The van der Waals surface area contributed by atoms with Crippen LogP contribution in [-0.4, -0.2) is 18.8 Å². The first kappa shape index (κ1) is 16.4. The van der Waals surface area contributed by atoms with Gasteiger partial charge in [-0.3, -0.25) is 11.3 Å². The van der Waals surface area contributed by atoms with E-state index in [0.717, 1.165) is 35.4 Å². The molecule has 1 rings (SSSR count). The van der Waals surface area contributed by atoms with Crippen LogP contribution in [0.15, 0.2) is 18.2 Å². The van der Waals surface area contributed by atoms with Crippen molar-refractivity contribution < 1.29 is 4.74 Å². The minimum absolute atomic E-state index is 0.0349. The van der Waals surface area contributed by atoms with Gasteiger partial charge in [0.25, 0.3) is 0 Å². The van der Waals surface area contributed by atoms with Crippen molar-refractivity contribution in [3.63, 3.8) is 0 Å². The summed E-state index contributed by atoms with van der Waals surface area (Å²) in [5.41, 5.74) is 4.90. The molecule has 0 aliphatic carbocycles. The van der Waals surface area contributed by atoms with Crippen LogP contribution >= 0.6 is 11.6 Å². The maximum absolute atomic E-state index is 6.30. The summed E-state index contributed by atoms with van der Waals surface area (Å²) in [5, 5.41) is 0.789. The van der Waals surface area contributed by atoms with Crippen LogP contribution < -0.4 is 11.3 Å². The number of methoxy groups -OCH3 is 1. The van der Waals surface area contributed by atoms with Gasteiger partial charge in [0.2, 0.25) is 0 Å². The lowest BCUT2D eigenvalue weighted by atomic mass is 9.84. The van der Waals surface area contributed by atoms with E-state index in [4.69, 9.17) is 22.2 Å². The molecule has 0 fully saturated rings. The van der Waals surface area contributed by atoms with E-state index >= 15 is 0 Å². The molecule has 0 aliphatic heterocycles. The molecule has 1 aromatic carbocycles. The summed E-state index contributed by atoms with van der Waals surface area (Å²) in [7, 11) is 1.74. The summed E-state index contributed by atoms with van der Waals surface area (Å²) in [4.78, 5) is 0. The van der Waals surface area contributed by atoms with Gasteiger partial charge < -0.3 is 4.74 Å². The molecule has 4 heteroatoms. The molecule has 19 heavy (non-hydrogen) atoms. The first-order valence-corrected chi connectivity index (χ1v) is 7.17. The van der Waals surface area contributed by atoms with Crippen LogP contribution in [0.1, 0.15) is 37.8 Å². The number of rotatable bonds is 7. The Labute approximate surface area is 121 Å². The zero-order valence-electron chi connectivity index (χ0n) is 12.3. The largest absolute Gasteiger partial charge is 0.377 e. The molecule has 1 unspecified atom stereocenters. The van der Waals surface area contributed by atoms with Crippen molar-refractivity contribution in [1.82, 2.24) is 5.43 Å². The van der Waals surface area contributed by atoms with Crippen molar-refractivity contribution in [2.24, 2.45) is 5.84 Å². The second-order valence-corrected chi connectivity index (χ2v) is 5.40. The van der Waals surface area contributed by atoms with Gasteiger partial charge in [-0.25, -0.2) is 0 Å². The lowest BCUT2D eigenvalue weighted by Gasteiger charge is -2.38. The first-order valence-electron chi connectivity index (χ1n) is 6.79. The quantitative estimate of drug-likeness (QED) is 0.597. The second kappa shape index (κ2) is 7.25. The number of nitrogens with one attached hydrogen (secondary N) is 1. The third-order valence-corrected chi connectivity index (χ3v) is 4.42. The third kappa shape index (κ3) is 3.69. The van der Waals surface area contributed by atoms with E-state index in [0.29, 0.717) is 0 Å². The molecule has 0 amide bonds. The molecule has 0 saturated heterocycles. The van der Waals surface area contributed by atoms with Crippen molar-refractivity contribution >= 4 is 11.6 Å². The highest BCUT2D eigenvalue weighted by atomic mass is 35.5. The van der Waals surface area contributed by atoms with Gasteiger partial charge in [-0.1, -0.05) is 37.6 Å². The average molecular weight is 285 g/mol. The van der Waals surface area contributed by atoms with Crippen molar-refractivity contribution in [3.05, 3.63) is 34.3 Å². The van der Waals surface area contributed by atoms with Gasteiger partial charge in [-0.05, 0) is 43.4 Å².